The highest BCUT2D eigenvalue weighted by molar-refractivity contribution is 5.96. The molecule has 1 aromatic rings. The number of hydrogen-bond acceptors (Lipinski definition) is 4. The van der Waals surface area contributed by atoms with Crippen LogP contribution >= 0.6 is 0 Å². The van der Waals surface area contributed by atoms with Gasteiger partial charge in [-0.05, 0) is 18.6 Å². The van der Waals surface area contributed by atoms with Gasteiger partial charge in [0, 0.05) is 6.07 Å². The van der Waals surface area contributed by atoms with Crippen molar-refractivity contribution >= 4 is 11.6 Å². The number of carbonyl (C=O) groups excluding carboxylic acids is 1. The molecule has 0 aliphatic heterocycles. The molecule has 5 nitrogen and oxygen atoms in total. The fraction of sp³-hybridized carbons (Fsp3) is 0.308. The summed E-state index contributed by atoms with van der Waals surface area (Å²) in [5.74, 6) is 0.889. The zero-order valence-electron chi connectivity index (χ0n) is 10.6. The van der Waals surface area contributed by atoms with E-state index in [9.17, 15) is 4.79 Å². The molecule has 0 saturated heterocycles. The van der Waals surface area contributed by atoms with Gasteiger partial charge in [0.15, 0.2) is 0 Å². The van der Waals surface area contributed by atoms with Crippen LogP contribution in [0.3, 0.4) is 0 Å². The molecule has 0 aromatic heterocycles. The topological polar surface area (TPSA) is 73.6 Å². The van der Waals surface area contributed by atoms with Crippen molar-refractivity contribution in [2.24, 2.45) is 5.73 Å². The van der Waals surface area contributed by atoms with Crippen LogP contribution in [0, 0.1) is 0 Å². The van der Waals surface area contributed by atoms with Crippen LogP contribution in [0.25, 0.3) is 0 Å². The molecule has 1 rings (SSSR count). The molecule has 0 bridgehead atoms. The van der Waals surface area contributed by atoms with Gasteiger partial charge < -0.3 is 20.5 Å². The first kappa shape index (κ1) is 14.1. The van der Waals surface area contributed by atoms with Crippen LogP contribution in [0.1, 0.15) is 6.42 Å². The molecule has 0 aliphatic rings. The molecule has 98 valence electrons. The van der Waals surface area contributed by atoms with Crippen molar-refractivity contribution in [3.05, 3.63) is 30.9 Å². The molecule has 0 spiro atoms. The number of ether oxygens (including phenoxy) is 2. The largest absolute Gasteiger partial charge is 0.497 e. The summed E-state index contributed by atoms with van der Waals surface area (Å²) in [6.45, 7) is 3.55. The summed E-state index contributed by atoms with van der Waals surface area (Å²) < 4.78 is 10.2. The van der Waals surface area contributed by atoms with Gasteiger partial charge in [-0.15, -0.1) is 6.58 Å². The Morgan fingerprint density at radius 2 is 2.22 bits per heavy atom. The number of nitrogens with one attached hydrogen (secondary N) is 1. The first-order chi connectivity index (χ1) is 8.62. The van der Waals surface area contributed by atoms with E-state index >= 15 is 0 Å². The summed E-state index contributed by atoms with van der Waals surface area (Å²) in [6.07, 6.45) is 2.02. The highest BCUT2D eigenvalue weighted by Crippen LogP contribution is 2.28. The van der Waals surface area contributed by atoms with Gasteiger partial charge >= 0.3 is 0 Å². The predicted molar refractivity (Wildman–Crippen MR) is 71.0 cm³/mol. The van der Waals surface area contributed by atoms with E-state index < -0.39 is 6.04 Å². The Kier molecular flexibility index (Phi) is 5.20. The number of nitrogens with two attached hydrogens (primary N) is 1. The summed E-state index contributed by atoms with van der Waals surface area (Å²) in [4.78, 5) is 11.8. The number of hydrogen-bond donors (Lipinski definition) is 2. The minimum Gasteiger partial charge on any atom is -0.497 e. The van der Waals surface area contributed by atoms with Gasteiger partial charge in [-0.25, -0.2) is 0 Å². The average Bonchev–Trinajstić information content (AvgIpc) is 2.38. The molecule has 0 radical (unpaired) electrons. The molecular weight excluding hydrogens is 232 g/mol. The van der Waals surface area contributed by atoms with E-state index in [2.05, 4.69) is 11.9 Å². The van der Waals surface area contributed by atoms with Crippen LogP contribution in [0.2, 0.25) is 0 Å². The number of rotatable bonds is 6. The van der Waals surface area contributed by atoms with Crippen molar-refractivity contribution in [3.8, 4) is 11.5 Å². The fourth-order valence-electron chi connectivity index (χ4n) is 1.42. The normalized spacial score (nSPS) is 11.5. The molecule has 5 heteroatoms. The van der Waals surface area contributed by atoms with Gasteiger partial charge in [0.05, 0.1) is 25.9 Å². The Balaban J connectivity index is 2.87. The summed E-state index contributed by atoms with van der Waals surface area (Å²) in [5, 5.41) is 2.70. The van der Waals surface area contributed by atoms with E-state index in [4.69, 9.17) is 15.2 Å². The van der Waals surface area contributed by atoms with Crippen LogP contribution in [0.5, 0.6) is 11.5 Å². The van der Waals surface area contributed by atoms with Gasteiger partial charge in [0.2, 0.25) is 5.91 Å². The highest BCUT2D eigenvalue weighted by atomic mass is 16.5. The Morgan fingerprint density at radius 3 is 2.78 bits per heavy atom. The SMILES string of the molecule is C=CCC(N)C(=O)Nc1cc(OC)ccc1OC. The Labute approximate surface area is 107 Å². The van der Waals surface area contributed by atoms with E-state index in [1.807, 2.05) is 0 Å². The molecule has 1 atom stereocenters. The van der Waals surface area contributed by atoms with E-state index in [0.717, 1.165) is 0 Å². The quantitative estimate of drug-likeness (QED) is 0.751. The molecule has 1 unspecified atom stereocenters. The fourth-order valence-corrected chi connectivity index (χ4v) is 1.42. The van der Waals surface area contributed by atoms with Crippen LogP contribution in [0.15, 0.2) is 30.9 Å². The van der Waals surface area contributed by atoms with Crippen molar-refractivity contribution in [1.82, 2.24) is 0 Å². The maximum absolute atomic E-state index is 11.8. The monoisotopic (exact) mass is 250 g/mol. The van der Waals surface area contributed by atoms with E-state index in [1.165, 1.54) is 7.11 Å². The summed E-state index contributed by atoms with van der Waals surface area (Å²) in [7, 11) is 3.08. The zero-order chi connectivity index (χ0) is 13.5. The summed E-state index contributed by atoms with van der Waals surface area (Å²) >= 11 is 0. The lowest BCUT2D eigenvalue weighted by Crippen LogP contribution is -2.35. The summed E-state index contributed by atoms with van der Waals surface area (Å²) in [5.41, 5.74) is 6.21. The molecule has 1 amide bonds. The molecule has 0 aliphatic carbocycles. The smallest absolute Gasteiger partial charge is 0.241 e. The Morgan fingerprint density at radius 1 is 1.50 bits per heavy atom. The third kappa shape index (κ3) is 3.49. The molecule has 3 N–H and O–H groups in total. The number of benzene rings is 1. The lowest BCUT2D eigenvalue weighted by atomic mass is 10.2. The van der Waals surface area contributed by atoms with Crippen molar-refractivity contribution in [3.63, 3.8) is 0 Å². The van der Waals surface area contributed by atoms with E-state index in [-0.39, 0.29) is 5.91 Å². The Hall–Kier alpha value is -2.01. The second-order valence-corrected chi connectivity index (χ2v) is 3.69. The van der Waals surface area contributed by atoms with Crippen molar-refractivity contribution in [1.29, 1.82) is 0 Å². The van der Waals surface area contributed by atoms with Gasteiger partial charge in [-0.1, -0.05) is 6.08 Å². The molecule has 0 saturated carbocycles. The summed E-state index contributed by atoms with van der Waals surface area (Å²) in [6, 6.07) is 4.52. The number of amides is 1. The van der Waals surface area contributed by atoms with Crippen molar-refractivity contribution in [2.45, 2.75) is 12.5 Å². The van der Waals surface area contributed by atoms with Gasteiger partial charge in [-0.2, -0.15) is 0 Å². The number of anilines is 1. The molecule has 1 aromatic carbocycles. The van der Waals surface area contributed by atoms with Crippen LogP contribution in [0.4, 0.5) is 5.69 Å². The predicted octanol–water partition coefficient (Wildman–Crippen LogP) is 1.55. The molecule has 0 heterocycles. The highest BCUT2D eigenvalue weighted by Gasteiger charge is 2.14. The van der Waals surface area contributed by atoms with Gasteiger partial charge in [0.25, 0.3) is 0 Å². The second kappa shape index (κ2) is 6.66. The first-order valence-corrected chi connectivity index (χ1v) is 5.51. The maximum Gasteiger partial charge on any atom is 0.241 e. The second-order valence-electron chi connectivity index (χ2n) is 3.69. The minimum atomic E-state index is -0.626. The van der Waals surface area contributed by atoms with Gasteiger partial charge in [-0.3, -0.25) is 4.79 Å². The maximum atomic E-state index is 11.8. The molecule has 0 fully saturated rings. The van der Waals surface area contributed by atoms with Crippen LogP contribution in [-0.4, -0.2) is 26.2 Å². The van der Waals surface area contributed by atoms with E-state index in [0.29, 0.717) is 23.6 Å². The molecule has 18 heavy (non-hydrogen) atoms. The van der Waals surface area contributed by atoms with Crippen molar-refractivity contribution in [2.75, 3.05) is 19.5 Å². The number of carbonyl (C=O) groups is 1. The Bertz CT molecular complexity index is 432. The lowest BCUT2D eigenvalue weighted by Gasteiger charge is -2.14. The third-order valence-electron chi connectivity index (χ3n) is 2.42. The standard InChI is InChI=1S/C13H18N2O3/c1-4-5-10(14)13(16)15-11-8-9(17-2)6-7-12(11)18-3/h4,6-8,10H,1,5,14H2,2-3H3,(H,15,16). The van der Waals surface area contributed by atoms with E-state index in [1.54, 1.807) is 31.4 Å². The minimum absolute atomic E-state index is 0.290. The molecular formula is C13H18N2O3. The van der Waals surface area contributed by atoms with Crippen molar-refractivity contribution < 1.29 is 14.3 Å². The van der Waals surface area contributed by atoms with Crippen LogP contribution < -0.4 is 20.5 Å². The average molecular weight is 250 g/mol. The lowest BCUT2D eigenvalue weighted by molar-refractivity contribution is -0.117. The van der Waals surface area contributed by atoms with Gasteiger partial charge in [0.1, 0.15) is 11.5 Å². The third-order valence-corrected chi connectivity index (χ3v) is 2.42. The number of methoxy groups -OCH3 is 2. The van der Waals surface area contributed by atoms with Crippen LogP contribution in [-0.2, 0) is 4.79 Å². The zero-order valence-corrected chi connectivity index (χ0v) is 10.6. The first-order valence-electron chi connectivity index (χ1n) is 5.51.